The lowest BCUT2D eigenvalue weighted by molar-refractivity contribution is -0.144. The average molecular weight is 489 g/mol. The van der Waals surface area contributed by atoms with E-state index in [1.165, 1.54) is 0 Å². The molecule has 0 aliphatic heterocycles. The second kappa shape index (κ2) is 15.6. The molecule has 0 fully saturated rings. The van der Waals surface area contributed by atoms with Gasteiger partial charge in [-0.2, -0.15) is 0 Å². The molecule has 0 aliphatic carbocycles. The highest BCUT2D eigenvalue weighted by molar-refractivity contribution is 5.96. The molecule has 34 heavy (non-hydrogen) atoms. The Morgan fingerprint density at radius 3 is 1.88 bits per heavy atom. The zero-order valence-corrected chi connectivity index (χ0v) is 19.4. The molecule has 0 saturated heterocycles. The van der Waals surface area contributed by atoms with Crippen LogP contribution in [0.4, 0.5) is 0 Å². The molecular weight excluding hydrogens is 452 g/mol. The molecule has 14 heteroatoms. The first-order chi connectivity index (χ1) is 15.8. The summed E-state index contributed by atoms with van der Waals surface area (Å²) in [6, 6.07) is -5.40. The smallest absolute Gasteiger partial charge is 0.326 e. The molecule has 0 aromatic heterocycles. The van der Waals surface area contributed by atoms with Crippen LogP contribution < -0.4 is 33.2 Å². The normalized spacial score (nSPS) is 15.2. The van der Waals surface area contributed by atoms with Crippen molar-refractivity contribution in [1.82, 2.24) is 16.0 Å². The fraction of sp³-hybridized carbons (Fsp3) is 0.700. The quantitative estimate of drug-likeness (QED) is 0.0988. The van der Waals surface area contributed by atoms with E-state index < -0.39 is 78.5 Å². The van der Waals surface area contributed by atoms with Crippen LogP contribution in [-0.4, -0.2) is 76.5 Å². The predicted molar refractivity (Wildman–Crippen MR) is 120 cm³/mol. The monoisotopic (exact) mass is 488 g/mol. The summed E-state index contributed by atoms with van der Waals surface area (Å²) in [4.78, 5) is 71.6. The van der Waals surface area contributed by atoms with Crippen molar-refractivity contribution in [3.05, 3.63) is 0 Å². The summed E-state index contributed by atoms with van der Waals surface area (Å²) in [7, 11) is 0. The molecule has 0 spiro atoms. The molecule has 0 bridgehead atoms. The standard InChI is InChI=1S/C20H36N6O8/c1-3-10(2)16(20(33)34)26-19(32)13(9-14(23)27)25-18(31)12(6-4-5-7-21)24-17(30)11(22)8-15(28)29/h10-13,16H,3-9,21-22H2,1-2H3,(H2,23,27)(H,24,30)(H,25,31)(H,26,32)(H,28,29)(H,33,34). The second-order valence-electron chi connectivity index (χ2n) is 7.99. The van der Waals surface area contributed by atoms with E-state index in [0.29, 0.717) is 25.8 Å². The summed E-state index contributed by atoms with van der Waals surface area (Å²) in [5, 5.41) is 25.1. The van der Waals surface area contributed by atoms with E-state index in [1.54, 1.807) is 13.8 Å². The molecule has 0 aromatic rings. The van der Waals surface area contributed by atoms with Crippen molar-refractivity contribution in [1.29, 1.82) is 0 Å². The lowest BCUT2D eigenvalue weighted by Gasteiger charge is -2.26. The number of carbonyl (C=O) groups is 6. The molecule has 0 aliphatic rings. The highest BCUT2D eigenvalue weighted by Gasteiger charge is 2.32. The average Bonchev–Trinajstić information content (AvgIpc) is 2.74. The maximum absolute atomic E-state index is 12.9. The summed E-state index contributed by atoms with van der Waals surface area (Å²) in [6.07, 6.45) is 0.167. The zero-order chi connectivity index (χ0) is 26.4. The topological polar surface area (TPSA) is 257 Å². The van der Waals surface area contributed by atoms with Gasteiger partial charge in [0.25, 0.3) is 0 Å². The Balaban J connectivity index is 5.58. The van der Waals surface area contributed by atoms with Gasteiger partial charge in [0.05, 0.1) is 18.9 Å². The molecule has 0 heterocycles. The van der Waals surface area contributed by atoms with Gasteiger partial charge in [0.15, 0.2) is 0 Å². The molecule has 0 aromatic carbocycles. The van der Waals surface area contributed by atoms with E-state index >= 15 is 0 Å². The molecule has 194 valence electrons. The Hall–Kier alpha value is -3.26. The van der Waals surface area contributed by atoms with Gasteiger partial charge < -0.3 is 43.4 Å². The fourth-order valence-corrected chi connectivity index (χ4v) is 2.94. The van der Waals surface area contributed by atoms with Gasteiger partial charge in [-0.15, -0.1) is 0 Å². The number of rotatable bonds is 17. The molecule has 11 N–H and O–H groups in total. The predicted octanol–water partition coefficient (Wildman–Crippen LogP) is -2.62. The van der Waals surface area contributed by atoms with Crippen LogP contribution in [0.15, 0.2) is 0 Å². The summed E-state index contributed by atoms with van der Waals surface area (Å²) in [5.41, 5.74) is 16.2. The molecule has 5 unspecified atom stereocenters. The number of nitrogens with two attached hydrogens (primary N) is 3. The van der Waals surface area contributed by atoms with Crippen molar-refractivity contribution in [3.63, 3.8) is 0 Å². The van der Waals surface area contributed by atoms with Gasteiger partial charge in [-0.1, -0.05) is 20.3 Å². The molecule has 14 nitrogen and oxygen atoms in total. The van der Waals surface area contributed by atoms with E-state index in [4.69, 9.17) is 22.3 Å². The number of aliphatic carboxylic acids is 2. The van der Waals surface area contributed by atoms with Gasteiger partial charge in [-0.3, -0.25) is 24.0 Å². The van der Waals surface area contributed by atoms with E-state index in [0.717, 1.165) is 0 Å². The number of unbranched alkanes of at least 4 members (excludes halogenated alkanes) is 1. The molecule has 5 atom stereocenters. The minimum absolute atomic E-state index is 0.0874. The van der Waals surface area contributed by atoms with Crippen LogP contribution in [0, 0.1) is 5.92 Å². The first kappa shape index (κ1) is 30.7. The summed E-state index contributed by atoms with van der Waals surface area (Å²) >= 11 is 0. The number of hydrogen-bond donors (Lipinski definition) is 8. The molecule has 0 rings (SSSR count). The first-order valence-electron chi connectivity index (χ1n) is 10.9. The molecule has 4 amide bonds. The number of primary amides is 1. The van der Waals surface area contributed by atoms with Crippen LogP contribution in [0.1, 0.15) is 52.4 Å². The number of carboxylic acid groups (broad SMARTS) is 2. The van der Waals surface area contributed by atoms with Gasteiger partial charge in [0.1, 0.15) is 18.1 Å². The molecular formula is C20H36N6O8. The summed E-state index contributed by atoms with van der Waals surface area (Å²) in [5.74, 6) is -6.65. The Kier molecular flexibility index (Phi) is 14.1. The lowest BCUT2D eigenvalue weighted by Crippen LogP contribution is -2.58. The van der Waals surface area contributed by atoms with Gasteiger partial charge in [-0.05, 0) is 31.7 Å². The number of nitrogens with one attached hydrogen (secondary N) is 3. The lowest BCUT2D eigenvalue weighted by atomic mass is 9.98. The van der Waals surface area contributed by atoms with Crippen LogP contribution >= 0.6 is 0 Å². The third kappa shape index (κ3) is 11.6. The van der Waals surface area contributed by atoms with Crippen LogP contribution in [0.2, 0.25) is 0 Å². The largest absolute Gasteiger partial charge is 0.481 e. The van der Waals surface area contributed by atoms with Crippen molar-refractivity contribution < 1.29 is 39.0 Å². The third-order valence-electron chi connectivity index (χ3n) is 5.13. The zero-order valence-electron chi connectivity index (χ0n) is 19.4. The molecule has 0 saturated carbocycles. The maximum Gasteiger partial charge on any atom is 0.326 e. The first-order valence-corrected chi connectivity index (χ1v) is 10.9. The second-order valence-corrected chi connectivity index (χ2v) is 7.99. The van der Waals surface area contributed by atoms with E-state index in [2.05, 4.69) is 16.0 Å². The van der Waals surface area contributed by atoms with Crippen LogP contribution in [0.25, 0.3) is 0 Å². The van der Waals surface area contributed by atoms with Crippen LogP contribution in [0.5, 0.6) is 0 Å². The Morgan fingerprint density at radius 1 is 0.853 bits per heavy atom. The maximum atomic E-state index is 12.9. The number of carbonyl (C=O) groups excluding carboxylic acids is 4. The van der Waals surface area contributed by atoms with Gasteiger partial charge in [0.2, 0.25) is 23.6 Å². The fourth-order valence-electron chi connectivity index (χ4n) is 2.94. The van der Waals surface area contributed by atoms with Crippen molar-refractivity contribution >= 4 is 35.6 Å². The summed E-state index contributed by atoms with van der Waals surface area (Å²) in [6.45, 7) is 3.67. The van der Waals surface area contributed by atoms with E-state index in [1.807, 2.05) is 0 Å². The third-order valence-corrected chi connectivity index (χ3v) is 5.13. The summed E-state index contributed by atoms with van der Waals surface area (Å²) < 4.78 is 0. The number of hydrogen-bond acceptors (Lipinski definition) is 8. The van der Waals surface area contributed by atoms with Crippen molar-refractivity contribution in [2.45, 2.75) is 76.5 Å². The minimum atomic E-state index is -1.50. The number of amides is 4. The Morgan fingerprint density at radius 2 is 1.41 bits per heavy atom. The van der Waals surface area contributed by atoms with Crippen molar-refractivity contribution in [3.8, 4) is 0 Å². The van der Waals surface area contributed by atoms with E-state index in [9.17, 15) is 33.9 Å². The van der Waals surface area contributed by atoms with Crippen LogP contribution in [-0.2, 0) is 28.8 Å². The van der Waals surface area contributed by atoms with Gasteiger partial charge in [-0.25, -0.2) is 4.79 Å². The number of carboxylic acids is 2. The van der Waals surface area contributed by atoms with Crippen LogP contribution in [0.3, 0.4) is 0 Å². The van der Waals surface area contributed by atoms with E-state index in [-0.39, 0.29) is 6.42 Å². The van der Waals surface area contributed by atoms with Crippen molar-refractivity contribution in [2.24, 2.45) is 23.1 Å². The Labute approximate surface area is 197 Å². The highest BCUT2D eigenvalue weighted by atomic mass is 16.4. The Bertz CT molecular complexity index is 747. The van der Waals surface area contributed by atoms with Crippen molar-refractivity contribution in [2.75, 3.05) is 6.54 Å². The SMILES string of the molecule is CCC(C)C(NC(=O)C(CC(N)=O)NC(=O)C(CCCCN)NC(=O)C(N)CC(=O)O)C(=O)O. The van der Waals surface area contributed by atoms with Gasteiger partial charge >= 0.3 is 11.9 Å². The minimum Gasteiger partial charge on any atom is -0.481 e. The molecule has 0 radical (unpaired) electrons. The van der Waals surface area contributed by atoms with Gasteiger partial charge in [0, 0.05) is 0 Å². The highest BCUT2D eigenvalue weighted by Crippen LogP contribution is 2.09.